The van der Waals surface area contributed by atoms with Crippen LogP contribution in [-0.4, -0.2) is 23.3 Å². The molecule has 1 fully saturated rings. The molecule has 1 rings (SSSR count). The summed E-state index contributed by atoms with van der Waals surface area (Å²) in [5.74, 6) is 0.811. The van der Waals surface area contributed by atoms with Gasteiger partial charge in [-0.1, -0.05) is 27.2 Å². The molecule has 1 aliphatic heterocycles. The topological polar surface area (TPSA) is 32.3 Å². The molecule has 0 bridgehead atoms. The summed E-state index contributed by atoms with van der Waals surface area (Å²) in [6.45, 7) is 7.50. The molecule has 0 aromatic heterocycles. The molecule has 2 N–H and O–H groups in total. The zero-order chi connectivity index (χ0) is 10.6. The molecule has 14 heavy (non-hydrogen) atoms. The lowest BCUT2D eigenvalue weighted by Gasteiger charge is -2.40. The second-order valence-electron chi connectivity index (χ2n) is 4.62. The van der Waals surface area contributed by atoms with Crippen LogP contribution in [0.1, 0.15) is 52.9 Å². The van der Waals surface area contributed by atoms with Gasteiger partial charge in [-0.05, 0) is 38.1 Å². The minimum absolute atomic E-state index is 0.316. The van der Waals surface area contributed by atoms with Crippen LogP contribution in [0.2, 0.25) is 0 Å². The van der Waals surface area contributed by atoms with Crippen molar-refractivity contribution in [2.45, 2.75) is 64.5 Å². The van der Waals surface area contributed by atoms with E-state index >= 15 is 0 Å². The quantitative estimate of drug-likeness (QED) is 0.728. The first kappa shape index (κ1) is 12.0. The Hall–Kier alpha value is -0.0800. The summed E-state index contributed by atoms with van der Waals surface area (Å²) in [7, 11) is 0. The standard InChI is InChI=1S/C12H25NO/c1-4-10-7-8-13-11(9-10)12(14,5-2)6-3/h10-11,13-14H,4-9H2,1-3H3. The Morgan fingerprint density at radius 1 is 1.29 bits per heavy atom. The number of rotatable bonds is 4. The molecule has 0 aromatic rings. The second kappa shape index (κ2) is 5.13. The highest BCUT2D eigenvalue weighted by Crippen LogP contribution is 2.29. The van der Waals surface area contributed by atoms with Crippen molar-refractivity contribution in [1.82, 2.24) is 5.32 Å². The van der Waals surface area contributed by atoms with E-state index in [1.54, 1.807) is 0 Å². The number of aliphatic hydroxyl groups is 1. The van der Waals surface area contributed by atoms with Crippen LogP contribution in [0.4, 0.5) is 0 Å². The fraction of sp³-hybridized carbons (Fsp3) is 1.00. The Balaban J connectivity index is 2.57. The van der Waals surface area contributed by atoms with Gasteiger partial charge in [-0.25, -0.2) is 0 Å². The smallest absolute Gasteiger partial charge is 0.0794 e. The van der Waals surface area contributed by atoms with Crippen LogP contribution in [0.3, 0.4) is 0 Å². The van der Waals surface area contributed by atoms with E-state index < -0.39 is 5.60 Å². The molecule has 2 atom stereocenters. The summed E-state index contributed by atoms with van der Waals surface area (Å²) in [4.78, 5) is 0. The van der Waals surface area contributed by atoms with E-state index in [0.29, 0.717) is 6.04 Å². The van der Waals surface area contributed by atoms with Crippen LogP contribution >= 0.6 is 0 Å². The summed E-state index contributed by atoms with van der Waals surface area (Å²) in [5.41, 5.74) is -0.478. The van der Waals surface area contributed by atoms with E-state index in [1.165, 1.54) is 12.8 Å². The molecule has 1 heterocycles. The SMILES string of the molecule is CCC1CCNC(C(O)(CC)CC)C1. The van der Waals surface area contributed by atoms with Gasteiger partial charge in [-0.2, -0.15) is 0 Å². The number of hydrogen-bond acceptors (Lipinski definition) is 2. The molecule has 1 saturated heterocycles. The van der Waals surface area contributed by atoms with Gasteiger partial charge in [0.1, 0.15) is 0 Å². The molecule has 0 aromatic carbocycles. The maximum atomic E-state index is 10.4. The molecule has 2 heteroatoms. The molecular weight excluding hydrogens is 174 g/mol. The van der Waals surface area contributed by atoms with Gasteiger partial charge in [0.05, 0.1) is 5.60 Å². The van der Waals surface area contributed by atoms with Crippen LogP contribution in [0.5, 0.6) is 0 Å². The maximum absolute atomic E-state index is 10.4. The highest BCUT2D eigenvalue weighted by atomic mass is 16.3. The highest BCUT2D eigenvalue weighted by molar-refractivity contribution is 4.93. The Morgan fingerprint density at radius 2 is 1.93 bits per heavy atom. The lowest BCUT2D eigenvalue weighted by Crippen LogP contribution is -2.53. The summed E-state index contributed by atoms with van der Waals surface area (Å²) in [6.07, 6.45) is 5.39. The minimum atomic E-state index is -0.478. The van der Waals surface area contributed by atoms with Crippen molar-refractivity contribution in [2.75, 3.05) is 6.54 Å². The molecular formula is C12H25NO. The van der Waals surface area contributed by atoms with Crippen LogP contribution in [0.25, 0.3) is 0 Å². The first-order chi connectivity index (χ1) is 6.66. The van der Waals surface area contributed by atoms with Crippen molar-refractivity contribution in [3.05, 3.63) is 0 Å². The van der Waals surface area contributed by atoms with E-state index in [2.05, 4.69) is 26.1 Å². The average Bonchev–Trinajstić information content (AvgIpc) is 2.28. The van der Waals surface area contributed by atoms with Gasteiger partial charge in [0.15, 0.2) is 0 Å². The van der Waals surface area contributed by atoms with Crippen molar-refractivity contribution >= 4 is 0 Å². The van der Waals surface area contributed by atoms with Gasteiger partial charge in [0.25, 0.3) is 0 Å². The molecule has 0 amide bonds. The maximum Gasteiger partial charge on any atom is 0.0794 e. The van der Waals surface area contributed by atoms with Crippen LogP contribution < -0.4 is 5.32 Å². The minimum Gasteiger partial charge on any atom is -0.388 e. The molecule has 0 aliphatic carbocycles. The van der Waals surface area contributed by atoms with Gasteiger partial charge in [0, 0.05) is 6.04 Å². The van der Waals surface area contributed by atoms with Crippen molar-refractivity contribution in [3.63, 3.8) is 0 Å². The van der Waals surface area contributed by atoms with Crippen molar-refractivity contribution in [1.29, 1.82) is 0 Å². The third kappa shape index (κ3) is 2.48. The fourth-order valence-corrected chi connectivity index (χ4v) is 2.52. The highest BCUT2D eigenvalue weighted by Gasteiger charge is 2.36. The zero-order valence-corrected chi connectivity index (χ0v) is 9.84. The van der Waals surface area contributed by atoms with E-state index in [0.717, 1.165) is 31.7 Å². The molecule has 2 nitrogen and oxygen atoms in total. The monoisotopic (exact) mass is 199 g/mol. The predicted octanol–water partition coefficient (Wildman–Crippen LogP) is 2.32. The summed E-state index contributed by atoms with van der Waals surface area (Å²) < 4.78 is 0. The van der Waals surface area contributed by atoms with Crippen molar-refractivity contribution in [3.8, 4) is 0 Å². The van der Waals surface area contributed by atoms with Gasteiger partial charge in [-0.15, -0.1) is 0 Å². The Morgan fingerprint density at radius 3 is 2.43 bits per heavy atom. The van der Waals surface area contributed by atoms with Gasteiger partial charge in [0.2, 0.25) is 0 Å². The van der Waals surface area contributed by atoms with Crippen molar-refractivity contribution in [2.24, 2.45) is 5.92 Å². The van der Waals surface area contributed by atoms with E-state index in [9.17, 15) is 5.11 Å². The Kier molecular flexibility index (Phi) is 4.39. The summed E-state index contributed by atoms with van der Waals surface area (Å²) in [6, 6.07) is 0.316. The molecule has 1 aliphatic rings. The van der Waals surface area contributed by atoms with Crippen molar-refractivity contribution < 1.29 is 5.11 Å². The average molecular weight is 199 g/mol. The normalized spacial score (nSPS) is 29.1. The molecule has 84 valence electrons. The predicted molar refractivity (Wildman–Crippen MR) is 60.3 cm³/mol. The van der Waals surface area contributed by atoms with Crippen LogP contribution in [-0.2, 0) is 0 Å². The molecule has 0 spiro atoms. The van der Waals surface area contributed by atoms with Gasteiger partial charge >= 0.3 is 0 Å². The third-order valence-corrected chi connectivity index (χ3v) is 3.96. The molecule has 0 radical (unpaired) electrons. The van der Waals surface area contributed by atoms with Crippen LogP contribution in [0.15, 0.2) is 0 Å². The third-order valence-electron chi connectivity index (χ3n) is 3.96. The van der Waals surface area contributed by atoms with E-state index in [-0.39, 0.29) is 0 Å². The lowest BCUT2D eigenvalue weighted by molar-refractivity contribution is -0.0215. The number of nitrogens with one attached hydrogen (secondary N) is 1. The van der Waals surface area contributed by atoms with E-state index in [4.69, 9.17) is 0 Å². The molecule has 0 saturated carbocycles. The van der Waals surface area contributed by atoms with Gasteiger partial charge < -0.3 is 10.4 Å². The van der Waals surface area contributed by atoms with Gasteiger partial charge in [-0.3, -0.25) is 0 Å². The second-order valence-corrected chi connectivity index (χ2v) is 4.62. The molecule has 2 unspecified atom stereocenters. The fourth-order valence-electron chi connectivity index (χ4n) is 2.52. The Labute approximate surface area is 88.1 Å². The summed E-state index contributed by atoms with van der Waals surface area (Å²) in [5, 5.41) is 13.9. The zero-order valence-electron chi connectivity index (χ0n) is 9.84. The first-order valence-corrected chi connectivity index (χ1v) is 6.12. The lowest BCUT2D eigenvalue weighted by atomic mass is 9.79. The number of hydrogen-bond donors (Lipinski definition) is 2. The Bertz CT molecular complexity index is 166. The largest absolute Gasteiger partial charge is 0.388 e. The van der Waals surface area contributed by atoms with Crippen LogP contribution in [0, 0.1) is 5.92 Å². The number of piperidine rings is 1. The summed E-state index contributed by atoms with van der Waals surface area (Å²) >= 11 is 0. The first-order valence-electron chi connectivity index (χ1n) is 6.12. The van der Waals surface area contributed by atoms with E-state index in [1.807, 2.05) is 0 Å².